The van der Waals surface area contributed by atoms with Crippen LogP contribution in [0.1, 0.15) is 19.3 Å². The summed E-state index contributed by atoms with van der Waals surface area (Å²) in [5, 5.41) is 9.78. The highest BCUT2D eigenvalue weighted by Gasteiger charge is 2.21. The molecule has 1 amide bonds. The molecule has 0 aromatic heterocycles. The molecule has 1 heterocycles. The Balaban J connectivity index is 2.44. The Morgan fingerprint density at radius 1 is 1.75 bits per heavy atom. The second-order valence-electron chi connectivity index (χ2n) is 3.45. The summed E-state index contributed by atoms with van der Waals surface area (Å²) in [5.74, 6) is -0.423. The standard InChI is InChI=1S/C9H14N4O2S/c10-4-3-8(14)12-13(9(11)16)6-7-2-1-5-15-7/h7H,1-3,5-6H2,(H2,11,16)(H,12,14). The van der Waals surface area contributed by atoms with Gasteiger partial charge in [-0.2, -0.15) is 5.26 Å². The van der Waals surface area contributed by atoms with Gasteiger partial charge >= 0.3 is 0 Å². The van der Waals surface area contributed by atoms with E-state index in [0.717, 1.165) is 19.4 Å². The van der Waals surface area contributed by atoms with Gasteiger partial charge in [-0.15, -0.1) is 0 Å². The predicted octanol–water partition coefficient (Wildman–Crippen LogP) is -0.344. The molecule has 3 N–H and O–H groups in total. The number of nitriles is 1. The SMILES string of the molecule is N#CCC(=O)NN(CC1CCCO1)C(N)=S. The first kappa shape index (κ1) is 12.7. The average Bonchev–Trinajstić information content (AvgIpc) is 2.69. The Morgan fingerprint density at radius 2 is 2.50 bits per heavy atom. The van der Waals surface area contributed by atoms with Gasteiger partial charge in [0.1, 0.15) is 6.42 Å². The van der Waals surface area contributed by atoms with Crippen LogP contribution in [0.25, 0.3) is 0 Å². The van der Waals surface area contributed by atoms with Crippen LogP contribution in [0.3, 0.4) is 0 Å². The van der Waals surface area contributed by atoms with Gasteiger partial charge in [0.05, 0.1) is 18.7 Å². The van der Waals surface area contributed by atoms with Crippen molar-refractivity contribution < 1.29 is 9.53 Å². The van der Waals surface area contributed by atoms with E-state index in [-0.39, 0.29) is 17.6 Å². The Morgan fingerprint density at radius 3 is 3.00 bits per heavy atom. The van der Waals surface area contributed by atoms with Crippen molar-refractivity contribution in [2.45, 2.75) is 25.4 Å². The summed E-state index contributed by atoms with van der Waals surface area (Å²) < 4.78 is 5.40. The van der Waals surface area contributed by atoms with Gasteiger partial charge in [-0.25, -0.2) is 0 Å². The van der Waals surface area contributed by atoms with Gasteiger partial charge in [0.15, 0.2) is 5.11 Å². The molecule has 7 heteroatoms. The van der Waals surface area contributed by atoms with Crippen LogP contribution in [0.15, 0.2) is 0 Å². The molecule has 16 heavy (non-hydrogen) atoms. The Hall–Kier alpha value is -1.39. The van der Waals surface area contributed by atoms with Gasteiger partial charge in [0, 0.05) is 6.61 Å². The van der Waals surface area contributed by atoms with E-state index >= 15 is 0 Å². The number of nitrogens with two attached hydrogens (primary N) is 1. The lowest BCUT2D eigenvalue weighted by atomic mass is 10.2. The molecule has 1 atom stereocenters. The number of carbonyl (C=O) groups is 1. The minimum absolute atomic E-state index is 0.0314. The van der Waals surface area contributed by atoms with Crippen molar-refractivity contribution in [1.82, 2.24) is 10.4 Å². The molecule has 0 spiro atoms. The number of nitrogens with zero attached hydrogens (tertiary/aromatic N) is 2. The van der Waals surface area contributed by atoms with E-state index in [1.54, 1.807) is 6.07 Å². The zero-order valence-corrected chi connectivity index (χ0v) is 9.63. The van der Waals surface area contributed by atoms with Crippen LogP contribution in [0, 0.1) is 11.3 Å². The number of hydrogen-bond donors (Lipinski definition) is 2. The summed E-state index contributed by atoms with van der Waals surface area (Å²) in [7, 11) is 0. The highest BCUT2D eigenvalue weighted by atomic mass is 32.1. The average molecular weight is 242 g/mol. The zero-order valence-electron chi connectivity index (χ0n) is 8.81. The van der Waals surface area contributed by atoms with Crippen LogP contribution >= 0.6 is 12.2 Å². The smallest absolute Gasteiger partial charge is 0.252 e. The van der Waals surface area contributed by atoms with Crippen molar-refractivity contribution >= 4 is 23.2 Å². The summed E-state index contributed by atoms with van der Waals surface area (Å²) in [6.07, 6.45) is 1.74. The molecule has 0 saturated carbocycles. The van der Waals surface area contributed by atoms with Crippen LogP contribution in [-0.4, -0.2) is 35.3 Å². The first-order chi connectivity index (χ1) is 7.63. The fraction of sp³-hybridized carbons (Fsp3) is 0.667. The monoisotopic (exact) mass is 242 g/mol. The number of ether oxygens (including phenoxy) is 1. The van der Waals surface area contributed by atoms with Gasteiger partial charge < -0.3 is 10.5 Å². The largest absolute Gasteiger partial charge is 0.376 e. The quantitative estimate of drug-likeness (QED) is 0.519. The molecule has 1 saturated heterocycles. The number of carbonyl (C=O) groups excluding carboxylic acids is 1. The van der Waals surface area contributed by atoms with Crippen LogP contribution in [0.4, 0.5) is 0 Å². The van der Waals surface area contributed by atoms with Gasteiger partial charge in [-0.05, 0) is 25.1 Å². The third-order valence-corrected chi connectivity index (χ3v) is 2.40. The van der Waals surface area contributed by atoms with E-state index in [1.165, 1.54) is 5.01 Å². The van der Waals surface area contributed by atoms with E-state index in [1.807, 2.05) is 0 Å². The van der Waals surface area contributed by atoms with E-state index < -0.39 is 5.91 Å². The summed E-state index contributed by atoms with van der Waals surface area (Å²) in [5.41, 5.74) is 7.93. The van der Waals surface area contributed by atoms with Crippen molar-refractivity contribution in [3.05, 3.63) is 0 Å². The first-order valence-corrected chi connectivity index (χ1v) is 5.39. The molecule has 88 valence electrons. The van der Waals surface area contributed by atoms with Crippen molar-refractivity contribution in [3.8, 4) is 6.07 Å². The van der Waals surface area contributed by atoms with Gasteiger partial charge in [0.2, 0.25) is 0 Å². The van der Waals surface area contributed by atoms with Gasteiger partial charge in [0.25, 0.3) is 5.91 Å². The number of thiocarbonyl (C=S) groups is 1. The molecule has 1 fully saturated rings. The topological polar surface area (TPSA) is 91.4 Å². The number of rotatable bonds is 3. The molecule has 1 aliphatic rings. The van der Waals surface area contributed by atoms with Crippen molar-refractivity contribution in [3.63, 3.8) is 0 Å². The third kappa shape index (κ3) is 4.00. The Kier molecular flexibility index (Phi) is 4.95. The first-order valence-electron chi connectivity index (χ1n) is 4.98. The molecule has 0 radical (unpaired) electrons. The number of amides is 1. The predicted molar refractivity (Wildman–Crippen MR) is 60.8 cm³/mol. The molecule has 0 aliphatic carbocycles. The van der Waals surface area contributed by atoms with Crippen molar-refractivity contribution in [1.29, 1.82) is 5.26 Å². The number of hydrazine groups is 1. The van der Waals surface area contributed by atoms with E-state index in [9.17, 15) is 4.79 Å². The molecule has 1 unspecified atom stereocenters. The molecule has 0 bridgehead atoms. The summed E-state index contributed by atoms with van der Waals surface area (Å²) in [6.45, 7) is 1.15. The maximum Gasteiger partial charge on any atom is 0.252 e. The van der Waals surface area contributed by atoms with Crippen LogP contribution in [-0.2, 0) is 9.53 Å². The minimum Gasteiger partial charge on any atom is -0.376 e. The van der Waals surface area contributed by atoms with E-state index in [2.05, 4.69) is 5.43 Å². The lowest BCUT2D eigenvalue weighted by molar-refractivity contribution is -0.123. The van der Waals surface area contributed by atoms with Crippen molar-refractivity contribution in [2.75, 3.05) is 13.2 Å². The maximum absolute atomic E-state index is 11.2. The number of hydrogen-bond acceptors (Lipinski definition) is 4. The third-order valence-electron chi connectivity index (χ3n) is 2.18. The lowest BCUT2D eigenvalue weighted by Crippen LogP contribution is -2.51. The summed E-state index contributed by atoms with van der Waals surface area (Å²) in [6, 6.07) is 1.75. The highest BCUT2D eigenvalue weighted by Crippen LogP contribution is 2.12. The molecule has 6 nitrogen and oxygen atoms in total. The van der Waals surface area contributed by atoms with Gasteiger partial charge in [-0.3, -0.25) is 15.2 Å². The van der Waals surface area contributed by atoms with Crippen LogP contribution < -0.4 is 11.2 Å². The Bertz CT molecular complexity index is 309. The molecular formula is C9H14N4O2S. The second kappa shape index (κ2) is 6.25. The fourth-order valence-electron chi connectivity index (χ4n) is 1.44. The van der Waals surface area contributed by atoms with Crippen LogP contribution in [0.5, 0.6) is 0 Å². The molecule has 0 aromatic carbocycles. The van der Waals surface area contributed by atoms with Crippen molar-refractivity contribution in [2.24, 2.45) is 5.73 Å². The Labute approximate surface area is 99.3 Å². The molecule has 1 rings (SSSR count). The highest BCUT2D eigenvalue weighted by molar-refractivity contribution is 7.80. The van der Waals surface area contributed by atoms with E-state index in [4.69, 9.17) is 28.0 Å². The minimum atomic E-state index is -0.423. The fourth-order valence-corrected chi connectivity index (χ4v) is 1.56. The van der Waals surface area contributed by atoms with Crippen LogP contribution in [0.2, 0.25) is 0 Å². The van der Waals surface area contributed by atoms with E-state index in [0.29, 0.717) is 6.54 Å². The summed E-state index contributed by atoms with van der Waals surface area (Å²) in [4.78, 5) is 11.2. The number of nitrogens with one attached hydrogen (secondary N) is 1. The lowest BCUT2D eigenvalue weighted by Gasteiger charge is -2.25. The summed E-state index contributed by atoms with van der Waals surface area (Å²) >= 11 is 4.80. The molecular weight excluding hydrogens is 228 g/mol. The molecule has 0 aromatic rings. The maximum atomic E-state index is 11.2. The zero-order chi connectivity index (χ0) is 12.0. The second-order valence-corrected chi connectivity index (χ2v) is 3.87. The normalized spacial score (nSPS) is 18.8. The molecule has 1 aliphatic heterocycles. The van der Waals surface area contributed by atoms with Gasteiger partial charge in [-0.1, -0.05) is 0 Å².